The van der Waals surface area contributed by atoms with Crippen LogP contribution in [0.15, 0.2) is 4.42 Å². The van der Waals surface area contributed by atoms with E-state index in [1.54, 1.807) is 0 Å². The molecule has 0 spiro atoms. The van der Waals surface area contributed by atoms with Gasteiger partial charge < -0.3 is 4.42 Å². The molecule has 0 bridgehead atoms. The van der Waals surface area contributed by atoms with Crippen molar-refractivity contribution in [2.45, 2.75) is 13.3 Å². The van der Waals surface area contributed by atoms with Gasteiger partial charge in [-0.2, -0.15) is 5.26 Å². The van der Waals surface area contributed by atoms with Crippen LogP contribution in [0.25, 0.3) is 0 Å². The summed E-state index contributed by atoms with van der Waals surface area (Å²) in [5.41, 5.74) is 0.165. The molecule has 10 heavy (non-hydrogen) atoms. The van der Waals surface area contributed by atoms with Crippen molar-refractivity contribution in [2.24, 2.45) is 0 Å². The number of aromatic nitrogens is 1. The van der Waals surface area contributed by atoms with E-state index in [1.807, 2.05) is 13.0 Å². The first-order valence-electron chi connectivity index (χ1n) is 2.83. The lowest BCUT2D eigenvalue weighted by Crippen LogP contribution is -1.78. The van der Waals surface area contributed by atoms with Crippen LogP contribution in [0.5, 0.6) is 0 Å². The molecule has 0 atom stereocenters. The topological polar surface area (TPSA) is 49.8 Å². The van der Waals surface area contributed by atoms with Crippen molar-refractivity contribution in [3.8, 4) is 6.07 Å². The summed E-state index contributed by atoms with van der Waals surface area (Å²) in [6, 6.07) is 1.81. The minimum atomic E-state index is 0.0827. The van der Waals surface area contributed by atoms with Crippen molar-refractivity contribution in [3.05, 3.63) is 16.8 Å². The number of nitriles is 1. The molecule has 1 aromatic heterocycles. The van der Waals surface area contributed by atoms with Crippen LogP contribution in [-0.2, 0) is 6.42 Å². The van der Waals surface area contributed by atoms with E-state index in [1.165, 1.54) is 0 Å². The Bertz CT molecular complexity index is 274. The fourth-order valence-electron chi connectivity index (χ4n) is 0.563. The Morgan fingerprint density at radius 1 is 1.80 bits per heavy atom. The molecule has 0 aliphatic carbocycles. The minimum Gasteiger partial charge on any atom is -0.428 e. The SMILES string of the molecule is CCc1nc(C#N)c(Cl)o1. The van der Waals surface area contributed by atoms with E-state index in [-0.39, 0.29) is 10.9 Å². The molecular formula is C6H5ClN2O. The van der Waals surface area contributed by atoms with E-state index in [0.29, 0.717) is 12.3 Å². The van der Waals surface area contributed by atoms with Crippen LogP contribution in [0.2, 0.25) is 5.22 Å². The Balaban J connectivity index is 3.07. The zero-order chi connectivity index (χ0) is 7.56. The van der Waals surface area contributed by atoms with E-state index in [9.17, 15) is 0 Å². The van der Waals surface area contributed by atoms with Crippen LogP contribution in [0.3, 0.4) is 0 Å². The molecule has 1 rings (SSSR count). The highest BCUT2D eigenvalue weighted by Crippen LogP contribution is 2.15. The fourth-order valence-corrected chi connectivity index (χ4v) is 0.737. The smallest absolute Gasteiger partial charge is 0.232 e. The second-order valence-corrected chi connectivity index (χ2v) is 2.04. The Hall–Kier alpha value is -1.01. The molecule has 3 nitrogen and oxygen atoms in total. The molecule has 1 aromatic rings. The van der Waals surface area contributed by atoms with Gasteiger partial charge in [0.1, 0.15) is 6.07 Å². The first-order chi connectivity index (χ1) is 4.77. The predicted octanol–water partition coefficient (Wildman–Crippen LogP) is 1.76. The van der Waals surface area contributed by atoms with Crippen LogP contribution in [0.1, 0.15) is 18.5 Å². The Labute approximate surface area is 63.2 Å². The van der Waals surface area contributed by atoms with Crippen LogP contribution in [-0.4, -0.2) is 4.98 Å². The number of halogens is 1. The molecule has 0 saturated heterocycles. The van der Waals surface area contributed by atoms with Crippen molar-refractivity contribution in [3.63, 3.8) is 0 Å². The highest BCUT2D eigenvalue weighted by atomic mass is 35.5. The summed E-state index contributed by atoms with van der Waals surface area (Å²) in [5.74, 6) is 0.501. The van der Waals surface area contributed by atoms with Gasteiger partial charge in [0.05, 0.1) is 0 Å². The highest BCUT2D eigenvalue weighted by molar-refractivity contribution is 6.29. The third-order valence-corrected chi connectivity index (χ3v) is 1.29. The maximum Gasteiger partial charge on any atom is 0.232 e. The van der Waals surface area contributed by atoms with Crippen molar-refractivity contribution in [1.29, 1.82) is 5.26 Å². The Morgan fingerprint density at radius 3 is 2.80 bits per heavy atom. The quantitative estimate of drug-likeness (QED) is 0.623. The molecule has 1 heterocycles. The van der Waals surface area contributed by atoms with Crippen LogP contribution >= 0.6 is 11.6 Å². The summed E-state index contributed by atoms with van der Waals surface area (Å²) >= 11 is 5.47. The first-order valence-corrected chi connectivity index (χ1v) is 3.21. The van der Waals surface area contributed by atoms with Gasteiger partial charge in [-0.1, -0.05) is 6.92 Å². The fraction of sp³-hybridized carbons (Fsp3) is 0.333. The van der Waals surface area contributed by atoms with E-state index < -0.39 is 0 Å². The standard InChI is InChI=1S/C6H5ClN2O/c1-2-5-9-4(3-8)6(7)10-5/h2H2,1H3. The number of aryl methyl sites for hydroxylation is 1. The molecule has 0 unspecified atom stereocenters. The highest BCUT2D eigenvalue weighted by Gasteiger charge is 2.07. The van der Waals surface area contributed by atoms with Gasteiger partial charge in [-0.05, 0) is 11.6 Å². The monoisotopic (exact) mass is 156 g/mol. The lowest BCUT2D eigenvalue weighted by molar-refractivity contribution is 0.503. The summed E-state index contributed by atoms with van der Waals surface area (Å²) in [6.45, 7) is 1.88. The molecule has 0 radical (unpaired) electrons. The van der Waals surface area contributed by atoms with E-state index in [4.69, 9.17) is 21.3 Å². The molecule has 0 fully saturated rings. The van der Waals surface area contributed by atoms with Crippen molar-refractivity contribution in [1.82, 2.24) is 4.98 Å². The maximum absolute atomic E-state index is 8.37. The van der Waals surface area contributed by atoms with Crippen LogP contribution in [0.4, 0.5) is 0 Å². The number of rotatable bonds is 1. The summed E-state index contributed by atoms with van der Waals surface area (Å²) < 4.78 is 4.89. The number of hydrogen-bond donors (Lipinski definition) is 0. The van der Waals surface area contributed by atoms with Crippen LogP contribution in [0, 0.1) is 11.3 Å². The molecule has 0 saturated carbocycles. The van der Waals surface area contributed by atoms with Crippen LogP contribution < -0.4 is 0 Å². The van der Waals surface area contributed by atoms with Gasteiger partial charge in [0, 0.05) is 6.42 Å². The molecule has 0 N–H and O–H groups in total. The van der Waals surface area contributed by atoms with E-state index in [2.05, 4.69) is 4.98 Å². The molecular weight excluding hydrogens is 152 g/mol. The van der Waals surface area contributed by atoms with Crippen molar-refractivity contribution in [2.75, 3.05) is 0 Å². The van der Waals surface area contributed by atoms with Gasteiger partial charge in [-0.3, -0.25) is 0 Å². The van der Waals surface area contributed by atoms with Crippen molar-refractivity contribution >= 4 is 11.6 Å². The van der Waals surface area contributed by atoms with Gasteiger partial charge in [-0.15, -0.1) is 0 Å². The second-order valence-electron chi connectivity index (χ2n) is 1.70. The number of oxazole rings is 1. The lowest BCUT2D eigenvalue weighted by atomic mass is 10.5. The Morgan fingerprint density at radius 2 is 2.50 bits per heavy atom. The van der Waals surface area contributed by atoms with E-state index in [0.717, 1.165) is 0 Å². The number of hydrogen-bond acceptors (Lipinski definition) is 3. The maximum atomic E-state index is 8.37. The second kappa shape index (κ2) is 2.72. The lowest BCUT2D eigenvalue weighted by Gasteiger charge is -1.78. The molecule has 0 amide bonds. The third-order valence-electron chi connectivity index (χ3n) is 1.04. The predicted molar refractivity (Wildman–Crippen MR) is 35.6 cm³/mol. The molecule has 0 aromatic carbocycles. The summed E-state index contributed by atoms with van der Waals surface area (Å²) in [6.07, 6.45) is 0.654. The van der Waals surface area contributed by atoms with Gasteiger partial charge in [0.15, 0.2) is 11.6 Å². The average molecular weight is 157 g/mol. The molecule has 4 heteroatoms. The summed E-state index contributed by atoms with van der Waals surface area (Å²) in [5, 5.41) is 8.45. The van der Waals surface area contributed by atoms with Gasteiger partial charge in [0.25, 0.3) is 0 Å². The molecule has 52 valence electrons. The zero-order valence-corrected chi connectivity index (χ0v) is 6.14. The van der Waals surface area contributed by atoms with Gasteiger partial charge in [-0.25, -0.2) is 4.98 Å². The number of nitrogens with zero attached hydrogens (tertiary/aromatic N) is 2. The normalized spacial score (nSPS) is 9.30. The Kier molecular flexibility index (Phi) is 1.93. The minimum absolute atomic E-state index is 0.0827. The first kappa shape index (κ1) is 7.10. The van der Waals surface area contributed by atoms with Crippen molar-refractivity contribution < 1.29 is 4.42 Å². The summed E-state index contributed by atoms with van der Waals surface area (Å²) in [4.78, 5) is 3.79. The third kappa shape index (κ3) is 1.12. The molecule has 0 aliphatic heterocycles. The largest absolute Gasteiger partial charge is 0.428 e. The average Bonchev–Trinajstić information content (AvgIpc) is 2.30. The molecule has 0 aliphatic rings. The van der Waals surface area contributed by atoms with E-state index >= 15 is 0 Å². The van der Waals surface area contributed by atoms with Gasteiger partial charge >= 0.3 is 0 Å². The summed E-state index contributed by atoms with van der Waals surface area (Å²) in [7, 11) is 0. The van der Waals surface area contributed by atoms with Gasteiger partial charge in [0.2, 0.25) is 5.22 Å². The zero-order valence-electron chi connectivity index (χ0n) is 5.39.